The van der Waals surface area contributed by atoms with Gasteiger partial charge in [0.05, 0.1) is 0 Å². The number of aromatic nitrogens is 3. The van der Waals surface area contributed by atoms with Crippen molar-refractivity contribution in [1.82, 2.24) is 15.2 Å². The molecule has 1 aromatic heterocycles. The maximum absolute atomic E-state index is 13.1. The summed E-state index contributed by atoms with van der Waals surface area (Å²) < 4.78 is 26.2. The Morgan fingerprint density at radius 3 is 2.55 bits per heavy atom. The molecule has 0 atom stereocenters. The fraction of sp³-hybridized carbons (Fsp3) is 0.385. The van der Waals surface area contributed by atoms with E-state index >= 15 is 0 Å². The van der Waals surface area contributed by atoms with E-state index in [1.54, 1.807) is 0 Å². The van der Waals surface area contributed by atoms with Crippen LogP contribution in [0.3, 0.4) is 0 Å². The second kappa shape index (κ2) is 7.35. The number of unbranched alkanes of at least 4 members (excludes halogenated alkanes) is 2. The monoisotopic (exact) mass is 299 g/mol. The highest BCUT2D eigenvalue weighted by atomic mass is 32.2. The molecule has 2 N–H and O–H groups in total. The SMILES string of the molecule is OCCCCCSc1n[nH]c(-c2cc(F)cc(F)c2)n1. The summed E-state index contributed by atoms with van der Waals surface area (Å²) >= 11 is 1.47. The van der Waals surface area contributed by atoms with Gasteiger partial charge in [-0.05, 0) is 25.0 Å². The zero-order valence-corrected chi connectivity index (χ0v) is 11.6. The van der Waals surface area contributed by atoms with Crippen LogP contribution in [0.2, 0.25) is 0 Å². The molecule has 0 unspecified atom stereocenters. The van der Waals surface area contributed by atoms with Gasteiger partial charge < -0.3 is 5.11 Å². The quantitative estimate of drug-likeness (QED) is 0.609. The van der Waals surface area contributed by atoms with E-state index in [2.05, 4.69) is 15.2 Å². The maximum atomic E-state index is 13.1. The number of aliphatic hydroxyl groups excluding tert-OH is 1. The number of aliphatic hydroxyl groups is 1. The summed E-state index contributed by atoms with van der Waals surface area (Å²) in [6.07, 6.45) is 2.71. The smallest absolute Gasteiger partial charge is 0.208 e. The van der Waals surface area contributed by atoms with E-state index in [0.717, 1.165) is 31.1 Å². The molecule has 0 radical (unpaired) electrons. The highest BCUT2D eigenvalue weighted by Crippen LogP contribution is 2.21. The molecule has 0 saturated carbocycles. The summed E-state index contributed by atoms with van der Waals surface area (Å²) in [7, 11) is 0. The second-order valence-corrected chi connectivity index (χ2v) is 5.32. The van der Waals surface area contributed by atoms with Crippen molar-refractivity contribution < 1.29 is 13.9 Å². The van der Waals surface area contributed by atoms with Gasteiger partial charge in [-0.2, -0.15) is 0 Å². The Labute approximate surface area is 119 Å². The van der Waals surface area contributed by atoms with Crippen molar-refractivity contribution >= 4 is 11.8 Å². The predicted octanol–water partition coefficient (Wildman–Crippen LogP) is 3.00. The highest BCUT2D eigenvalue weighted by Gasteiger charge is 2.08. The third kappa shape index (κ3) is 4.28. The van der Waals surface area contributed by atoms with E-state index < -0.39 is 11.6 Å². The zero-order chi connectivity index (χ0) is 14.4. The maximum Gasteiger partial charge on any atom is 0.208 e. The van der Waals surface area contributed by atoms with Gasteiger partial charge in [0, 0.05) is 24.0 Å². The number of H-pyrrole nitrogens is 1. The number of hydrogen-bond donors (Lipinski definition) is 2. The van der Waals surface area contributed by atoms with Crippen LogP contribution in [0.5, 0.6) is 0 Å². The Morgan fingerprint density at radius 1 is 1.10 bits per heavy atom. The molecule has 0 bridgehead atoms. The minimum absolute atomic E-state index is 0.209. The predicted molar refractivity (Wildman–Crippen MR) is 73.4 cm³/mol. The van der Waals surface area contributed by atoms with Crippen LogP contribution in [0, 0.1) is 11.6 Å². The van der Waals surface area contributed by atoms with E-state index in [1.165, 1.54) is 23.9 Å². The van der Waals surface area contributed by atoms with Gasteiger partial charge in [0.2, 0.25) is 5.16 Å². The lowest BCUT2D eigenvalue weighted by molar-refractivity contribution is 0.284. The van der Waals surface area contributed by atoms with Crippen LogP contribution < -0.4 is 0 Å². The van der Waals surface area contributed by atoms with Crippen LogP contribution in [-0.4, -0.2) is 32.6 Å². The van der Waals surface area contributed by atoms with Gasteiger partial charge in [0.15, 0.2) is 5.82 Å². The van der Waals surface area contributed by atoms with Gasteiger partial charge in [0.1, 0.15) is 11.6 Å². The van der Waals surface area contributed by atoms with Crippen molar-refractivity contribution in [3.63, 3.8) is 0 Å². The molecule has 1 heterocycles. The summed E-state index contributed by atoms with van der Waals surface area (Å²) in [5.41, 5.74) is 0.335. The molecule has 0 spiro atoms. The zero-order valence-electron chi connectivity index (χ0n) is 10.8. The van der Waals surface area contributed by atoms with Crippen LogP contribution in [0.1, 0.15) is 19.3 Å². The van der Waals surface area contributed by atoms with E-state index in [4.69, 9.17) is 5.11 Å². The topological polar surface area (TPSA) is 61.8 Å². The third-order valence-corrected chi connectivity index (χ3v) is 3.57. The van der Waals surface area contributed by atoms with E-state index in [9.17, 15) is 8.78 Å². The number of benzene rings is 1. The fourth-order valence-corrected chi connectivity index (χ4v) is 2.48. The largest absolute Gasteiger partial charge is 0.396 e. The van der Waals surface area contributed by atoms with Crippen molar-refractivity contribution in [1.29, 1.82) is 0 Å². The summed E-state index contributed by atoms with van der Waals surface area (Å²) in [6, 6.07) is 3.23. The van der Waals surface area contributed by atoms with Gasteiger partial charge in [-0.1, -0.05) is 18.2 Å². The van der Waals surface area contributed by atoms with Gasteiger partial charge in [-0.25, -0.2) is 13.8 Å². The van der Waals surface area contributed by atoms with E-state index in [1.807, 2.05) is 0 Å². The molecule has 0 saturated heterocycles. The highest BCUT2D eigenvalue weighted by molar-refractivity contribution is 7.99. The number of rotatable bonds is 7. The van der Waals surface area contributed by atoms with Crippen LogP contribution >= 0.6 is 11.8 Å². The van der Waals surface area contributed by atoms with Crippen molar-refractivity contribution in [2.75, 3.05) is 12.4 Å². The minimum Gasteiger partial charge on any atom is -0.396 e. The molecule has 0 aliphatic heterocycles. The lowest BCUT2D eigenvalue weighted by Crippen LogP contribution is -1.87. The van der Waals surface area contributed by atoms with Crippen LogP contribution in [0.15, 0.2) is 23.4 Å². The standard InChI is InChI=1S/C13H15F2N3OS/c14-10-6-9(7-11(15)8-10)12-16-13(18-17-12)20-5-3-1-2-4-19/h6-8,19H,1-5H2,(H,16,17,18). The number of hydrogen-bond acceptors (Lipinski definition) is 4. The summed E-state index contributed by atoms with van der Waals surface area (Å²) in [6.45, 7) is 0.209. The molecule has 1 aromatic carbocycles. The minimum atomic E-state index is -0.644. The van der Waals surface area contributed by atoms with Crippen molar-refractivity contribution in [2.45, 2.75) is 24.4 Å². The van der Waals surface area contributed by atoms with Gasteiger partial charge >= 0.3 is 0 Å². The first-order chi connectivity index (χ1) is 9.69. The number of nitrogens with one attached hydrogen (secondary N) is 1. The summed E-state index contributed by atoms with van der Waals surface area (Å²) in [5, 5.41) is 15.9. The summed E-state index contributed by atoms with van der Waals surface area (Å²) in [5.74, 6) is -0.0973. The van der Waals surface area contributed by atoms with Gasteiger partial charge in [-0.3, -0.25) is 5.10 Å². The molecule has 0 aliphatic rings. The third-order valence-electron chi connectivity index (χ3n) is 2.63. The van der Waals surface area contributed by atoms with Gasteiger partial charge in [-0.15, -0.1) is 5.10 Å². The second-order valence-electron chi connectivity index (χ2n) is 4.26. The first-order valence-electron chi connectivity index (χ1n) is 6.31. The molecule has 0 amide bonds. The molecule has 108 valence electrons. The average molecular weight is 299 g/mol. The van der Waals surface area contributed by atoms with E-state index in [-0.39, 0.29) is 6.61 Å². The number of aromatic amines is 1. The molecule has 0 aliphatic carbocycles. The summed E-state index contributed by atoms with van der Waals surface area (Å²) in [4.78, 5) is 4.19. The molecule has 2 aromatic rings. The van der Waals surface area contributed by atoms with Crippen molar-refractivity contribution in [3.8, 4) is 11.4 Å². The number of halogens is 2. The molecule has 7 heteroatoms. The molecule has 0 fully saturated rings. The van der Waals surface area contributed by atoms with Crippen molar-refractivity contribution in [2.24, 2.45) is 0 Å². The molecular formula is C13H15F2N3OS. The van der Waals surface area contributed by atoms with Crippen LogP contribution in [0.4, 0.5) is 8.78 Å². The fourth-order valence-electron chi connectivity index (χ4n) is 1.68. The normalized spacial score (nSPS) is 10.9. The average Bonchev–Trinajstić information content (AvgIpc) is 2.86. The van der Waals surface area contributed by atoms with Gasteiger partial charge in [0.25, 0.3) is 0 Å². The van der Waals surface area contributed by atoms with Crippen molar-refractivity contribution in [3.05, 3.63) is 29.8 Å². The lowest BCUT2D eigenvalue weighted by atomic mass is 10.2. The molecule has 2 rings (SSSR count). The number of nitrogens with zero attached hydrogens (tertiary/aromatic N) is 2. The Hall–Kier alpha value is -1.47. The first kappa shape index (κ1) is 14.9. The Kier molecular flexibility index (Phi) is 5.49. The molecular weight excluding hydrogens is 284 g/mol. The number of thioether (sulfide) groups is 1. The molecule has 4 nitrogen and oxygen atoms in total. The van der Waals surface area contributed by atoms with E-state index in [0.29, 0.717) is 16.5 Å². The Balaban J connectivity index is 1.94. The lowest BCUT2D eigenvalue weighted by Gasteiger charge is -1.97. The molecule has 20 heavy (non-hydrogen) atoms. The van der Waals surface area contributed by atoms with Crippen LogP contribution in [-0.2, 0) is 0 Å². The van der Waals surface area contributed by atoms with Crippen LogP contribution in [0.25, 0.3) is 11.4 Å². The Bertz CT molecular complexity index is 542. The Morgan fingerprint density at radius 2 is 1.85 bits per heavy atom. The first-order valence-corrected chi connectivity index (χ1v) is 7.30.